The second-order valence-electron chi connectivity index (χ2n) is 6.20. The first-order chi connectivity index (χ1) is 10.2. The van der Waals surface area contributed by atoms with Crippen molar-refractivity contribution in [2.45, 2.75) is 37.8 Å². The Hall–Kier alpha value is -1.82. The summed E-state index contributed by atoms with van der Waals surface area (Å²) in [5.74, 6) is 0.00514. The third kappa shape index (κ3) is 2.05. The molecule has 1 N–H and O–H groups in total. The van der Waals surface area contributed by atoms with Gasteiger partial charge < -0.3 is 9.88 Å². The van der Waals surface area contributed by atoms with Crippen molar-refractivity contribution < 1.29 is 4.79 Å². The van der Waals surface area contributed by atoms with Crippen molar-refractivity contribution in [1.29, 1.82) is 0 Å². The van der Waals surface area contributed by atoms with Crippen LogP contribution in [0, 0.1) is 0 Å². The van der Waals surface area contributed by atoms with E-state index >= 15 is 0 Å². The Morgan fingerprint density at radius 3 is 2.95 bits per heavy atom. The quantitative estimate of drug-likeness (QED) is 0.897. The number of carbonyl (C=O) groups is 1. The predicted octanol–water partition coefficient (Wildman–Crippen LogP) is 1.03. The Morgan fingerprint density at radius 1 is 1.29 bits per heavy atom. The van der Waals surface area contributed by atoms with E-state index in [0.717, 1.165) is 12.1 Å². The van der Waals surface area contributed by atoms with E-state index in [0.29, 0.717) is 11.6 Å². The molecule has 21 heavy (non-hydrogen) atoms. The number of rotatable bonds is 2. The van der Waals surface area contributed by atoms with Crippen molar-refractivity contribution in [3.63, 3.8) is 0 Å². The monoisotopic (exact) mass is 287 g/mol. The van der Waals surface area contributed by atoms with Crippen LogP contribution in [-0.4, -0.2) is 50.2 Å². The largest absolute Gasteiger partial charge is 0.348 e. The highest BCUT2D eigenvalue weighted by Gasteiger charge is 2.35. The van der Waals surface area contributed by atoms with Gasteiger partial charge in [-0.1, -0.05) is 0 Å². The summed E-state index contributed by atoms with van der Waals surface area (Å²) in [6.07, 6.45) is 10.2. The maximum atomic E-state index is 12.6. The smallest absolute Gasteiger partial charge is 0.256 e. The zero-order valence-corrected chi connectivity index (χ0v) is 12.3. The third-order valence-electron chi connectivity index (χ3n) is 4.93. The third-order valence-corrected chi connectivity index (χ3v) is 4.93. The van der Waals surface area contributed by atoms with Crippen molar-refractivity contribution >= 4 is 11.6 Å². The van der Waals surface area contributed by atoms with Gasteiger partial charge >= 0.3 is 0 Å². The van der Waals surface area contributed by atoms with E-state index in [9.17, 15) is 4.79 Å². The molecule has 6 heteroatoms. The summed E-state index contributed by atoms with van der Waals surface area (Å²) in [4.78, 5) is 15.2. The molecule has 2 fully saturated rings. The van der Waals surface area contributed by atoms with Crippen LogP contribution in [0.1, 0.15) is 36.0 Å². The molecule has 2 aromatic heterocycles. The van der Waals surface area contributed by atoms with Crippen molar-refractivity contribution in [3.8, 4) is 0 Å². The Balaban J connectivity index is 1.56. The van der Waals surface area contributed by atoms with Crippen LogP contribution < -0.4 is 5.32 Å². The van der Waals surface area contributed by atoms with Gasteiger partial charge in [-0.25, -0.2) is 4.52 Å². The number of hydrogen-bond donors (Lipinski definition) is 1. The highest BCUT2D eigenvalue weighted by atomic mass is 16.1. The number of piperidine rings is 1. The Kier molecular flexibility index (Phi) is 2.99. The van der Waals surface area contributed by atoms with Crippen LogP contribution in [0.15, 0.2) is 18.6 Å². The topological polar surface area (TPSA) is 54.6 Å². The summed E-state index contributed by atoms with van der Waals surface area (Å²) < 4.78 is 3.68. The second kappa shape index (κ2) is 4.87. The molecule has 0 aromatic carbocycles. The molecule has 0 aliphatic carbocycles. The Morgan fingerprint density at radius 2 is 2.10 bits per heavy atom. The molecule has 1 amide bonds. The molecule has 2 aliphatic heterocycles. The lowest BCUT2D eigenvalue weighted by molar-refractivity contribution is 0.0869. The lowest BCUT2D eigenvalue weighted by Crippen LogP contribution is -2.52. The van der Waals surface area contributed by atoms with Crippen molar-refractivity contribution in [3.05, 3.63) is 24.2 Å². The average molecular weight is 287 g/mol. The van der Waals surface area contributed by atoms with Crippen LogP contribution >= 0.6 is 0 Å². The molecular formula is C15H21N5O. The molecule has 0 radical (unpaired) electrons. The van der Waals surface area contributed by atoms with E-state index in [1.165, 1.54) is 32.4 Å². The number of nitrogens with one attached hydrogen (secondary N) is 1. The van der Waals surface area contributed by atoms with Gasteiger partial charge in [0.15, 0.2) is 0 Å². The summed E-state index contributed by atoms with van der Waals surface area (Å²) >= 11 is 0. The van der Waals surface area contributed by atoms with Gasteiger partial charge in [0.2, 0.25) is 0 Å². The van der Waals surface area contributed by atoms with Crippen molar-refractivity contribution in [2.24, 2.45) is 7.05 Å². The lowest BCUT2D eigenvalue weighted by Gasteiger charge is -2.37. The van der Waals surface area contributed by atoms with E-state index in [-0.39, 0.29) is 11.9 Å². The zero-order chi connectivity index (χ0) is 14.4. The number of carbonyl (C=O) groups excluding carboxylic acids is 1. The number of imidazole rings is 1. The highest BCUT2D eigenvalue weighted by Crippen LogP contribution is 2.27. The molecular weight excluding hydrogens is 266 g/mol. The number of aryl methyl sites for hydroxylation is 1. The molecule has 0 bridgehead atoms. The van der Waals surface area contributed by atoms with Crippen molar-refractivity contribution in [2.75, 3.05) is 13.1 Å². The van der Waals surface area contributed by atoms with Gasteiger partial charge in [0.1, 0.15) is 11.2 Å². The second-order valence-corrected chi connectivity index (χ2v) is 6.20. The maximum absolute atomic E-state index is 12.6. The van der Waals surface area contributed by atoms with Gasteiger partial charge in [-0.05, 0) is 38.8 Å². The van der Waals surface area contributed by atoms with Crippen LogP contribution in [0.25, 0.3) is 5.65 Å². The van der Waals surface area contributed by atoms with Gasteiger partial charge in [-0.15, -0.1) is 0 Å². The molecule has 4 rings (SSSR count). The van der Waals surface area contributed by atoms with Gasteiger partial charge in [0, 0.05) is 31.5 Å². The van der Waals surface area contributed by atoms with Gasteiger partial charge in [0.05, 0.1) is 6.20 Å². The lowest BCUT2D eigenvalue weighted by atomic mass is 9.96. The minimum atomic E-state index is 0.00514. The Labute approximate surface area is 123 Å². The van der Waals surface area contributed by atoms with E-state index in [2.05, 4.69) is 15.3 Å². The van der Waals surface area contributed by atoms with Gasteiger partial charge in [-0.2, -0.15) is 5.10 Å². The fourth-order valence-electron chi connectivity index (χ4n) is 3.92. The summed E-state index contributed by atoms with van der Waals surface area (Å²) in [6, 6.07) is 0.811. The zero-order valence-electron chi connectivity index (χ0n) is 12.3. The minimum absolute atomic E-state index is 0.00514. The first kappa shape index (κ1) is 12.9. The minimum Gasteiger partial charge on any atom is -0.348 e. The molecule has 0 saturated carbocycles. The fraction of sp³-hybridized carbons (Fsp3) is 0.600. The molecule has 112 valence electrons. The molecule has 2 aromatic rings. The molecule has 2 aliphatic rings. The van der Waals surface area contributed by atoms with Crippen LogP contribution in [0.5, 0.6) is 0 Å². The van der Waals surface area contributed by atoms with Crippen LogP contribution in [0.4, 0.5) is 0 Å². The number of aromatic nitrogens is 3. The van der Waals surface area contributed by atoms with E-state index < -0.39 is 0 Å². The summed E-state index contributed by atoms with van der Waals surface area (Å²) in [7, 11) is 1.94. The normalized spacial score (nSPS) is 26.1. The standard InChI is InChI=1S/C15H21N5O/c1-18-8-9-20-15(18)11(10-16-20)14(21)17-12-4-2-6-19-7-3-5-13(12)19/h8-10,12-13H,2-7H2,1H3,(H,17,21)/t12-,13-/m0/s1. The molecule has 2 saturated heterocycles. The average Bonchev–Trinajstić information content (AvgIpc) is 3.16. The SMILES string of the molecule is Cn1ccn2ncc(C(=O)N[C@H]3CCCN4CCC[C@@H]34)c12. The molecule has 4 heterocycles. The first-order valence-electron chi connectivity index (χ1n) is 7.77. The van der Waals surface area contributed by atoms with Crippen LogP contribution in [0.3, 0.4) is 0 Å². The highest BCUT2D eigenvalue weighted by molar-refractivity contribution is 6.00. The molecule has 0 spiro atoms. The molecule has 2 atom stereocenters. The summed E-state index contributed by atoms with van der Waals surface area (Å²) in [5, 5.41) is 7.50. The van der Waals surface area contributed by atoms with Crippen LogP contribution in [0.2, 0.25) is 0 Å². The number of hydrogen-bond acceptors (Lipinski definition) is 3. The predicted molar refractivity (Wildman–Crippen MR) is 79.2 cm³/mol. The van der Waals surface area contributed by atoms with Gasteiger partial charge in [0.25, 0.3) is 5.91 Å². The van der Waals surface area contributed by atoms with E-state index in [4.69, 9.17) is 0 Å². The van der Waals surface area contributed by atoms with Crippen molar-refractivity contribution in [1.82, 2.24) is 24.4 Å². The van der Waals surface area contributed by atoms with Gasteiger partial charge in [-0.3, -0.25) is 9.69 Å². The Bertz CT molecular complexity index is 673. The summed E-state index contributed by atoms with van der Waals surface area (Å²) in [5.41, 5.74) is 1.52. The van der Waals surface area contributed by atoms with E-state index in [1.807, 2.05) is 24.0 Å². The van der Waals surface area contributed by atoms with E-state index in [1.54, 1.807) is 10.7 Å². The molecule has 0 unspecified atom stereocenters. The summed E-state index contributed by atoms with van der Waals surface area (Å²) in [6.45, 7) is 2.37. The maximum Gasteiger partial charge on any atom is 0.256 e. The number of nitrogens with zero attached hydrogens (tertiary/aromatic N) is 4. The number of amides is 1. The molecule has 6 nitrogen and oxygen atoms in total. The van der Waals surface area contributed by atoms with Crippen LogP contribution in [-0.2, 0) is 7.05 Å². The first-order valence-corrected chi connectivity index (χ1v) is 7.77. The fourth-order valence-corrected chi connectivity index (χ4v) is 3.92. The number of fused-ring (bicyclic) bond motifs is 2.